The largest absolute Gasteiger partial charge is 0.324 e. The molecule has 33 heavy (non-hydrogen) atoms. The predicted octanol–water partition coefficient (Wildman–Crippen LogP) is 2.65. The molecule has 10 nitrogen and oxygen atoms in total. The van der Waals surface area contributed by atoms with Gasteiger partial charge in [0.25, 0.3) is 5.56 Å². The second-order valence-corrected chi connectivity index (χ2v) is 7.91. The number of carbonyl (C=O) groups is 1. The number of nitrogens with one attached hydrogen (secondary N) is 2. The van der Waals surface area contributed by atoms with Crippen LogP contribution in [-0.2, 0) is 11.2 Å². The van der Waals surface area contributed by atoms with Crippen LogP contribution in [0.5, 0.6) is 0 Å². The van der Waals surface area contributed by atoms with E-state index in [1.807, 2.05) is 49.6 Å². The Bertz CT molecular complexity index is 1580. The highest BCUT2D eigenvalue weighted by atomic mass is 16.1. The summed E-state index contributed by atoms with van der Waals surface area (Å²) in [5.74, 6) is -0.139. The number of anilines is 1. The first kappa shape index (κ1) is 20.6. The summed E-state index contributed by atoms with van der Waals surface area (Å²) in [5, 5.41) is 12.1. The number of hydrogen-bond donors (Lipinski definition) is 2. The van der Waals surface area contributed by atoms with Gasteiger partial charge in [0.1, 0.15) is 5.39 Å². The number of amides is 1. The average Bonchev–Trinajstić information content (AvgIpc) is 3.38. The van der Waals surface area contributed by atoms with Crippen molar-refractivity contribution in [1.82, 2.24) is 34.3 Å². The maximum atomic E-state index is 12.9. The van der Waals surface area contributed by atoms with E-state index in [2.05, 4.69) is 30.5 Å². The van der Waals surface area contributed by atoms with Crippen LogP contribution in [-0.4, -0.2) is 40.3 Å². The molecular formula is C23H22N8O2. The fourth-order valence-corrected chi connectivity index (χ4v) is 4.05. The predicted molar refractivity (Wildman–Crippen MR) is 124 cm³/mol. The summed E-state index contributed by atoms with van der Waals surface area (Å²) in [5.41, 5.74) is 5.96. The smallest absolute Gasteiger partial charge is 0.261 e. The third kappa shape index (κ3) is 3.65. The minimum Gasteiger partial charge on any atom is -0.324 e. The lowest BCUT2D eigenvalue weighted by molar-refractivity contribution is -0.116. The van der Waals surface area contributed by atoms with E-state index in [4.69, 9.17) is 0 Å². The van der Waals surface area contributed by atoms with Crippen molar-refractivity contribution in [3.05, 3.63) is 75.9 Å². The van der Waals surface area contributed by atoms with E-state index >= 15 is 0 Å². The summed E-state index contributed by atoms with van der Waals surface area (Å²) in [4.78, 5) is 36.3. The SMILES string of the molecule is Cc1cc2nc(C)c(CCC(=O)Nc3ccccc3-n3ncc4c(=O)[nH]cnc43)c(C)n2n1. The number of aromatic amines is 1. The molecule has 1 aromatic carbocycles. The van der Waals surface area contributed by atoms with Crippen LogP contribution in [0.15, 0.2) is 47.7 Å². The van der Waals surface area contributed by atoms with Crippen molar-refractivity contribution in [2.45, 2.75) is 33.6 Å². The summed E-state index contributed by atoms with van der Waals surface area (Å²) in [6.07, 6.45) is 3.61. The molecule has 5 aromatic rings. The van der Waals surface area contributed by atoms with Crippen LogP contribution in [0.4, 0.5) is 5.69 Å². The second-order valence-electron chi connectivity index (χ2n) is 7.91. The molecule has 4 heterocycles. The van der Waals surface area contributed by atoms with Crippen LogP contribution < -0.4 is 10.9 Å². The van der Waals surface area contributed by atoms with Crippen LogP contribution in [0.25, 0.3) is 22.4 Å². The molecule has 0 saturated heterocycles. The molecular weight excluding hydrogens is 420 g/mol. The Kier molecular flexibility index (Phi) is 4.97. The first-order chi connectivity index (χ1) is 15.9. The lowest BCUT2D eigenvalue weighted by Crippen LogP contribution is -2.16. The Morgan fingerprint density at radius 1 is 1.18 bits per heavy atom. The quantitative estimate of drug-likeness (QED) is 0.431. The van der Waals surface area contributed by atoms with Crippen LogP contribution in [0.2, 0.25) is 0 Å². The number of para-hydroxylation sites is 2. The second kappa shape index (κ2) is 7.97. The van der Waals surface area contributed by atoms with E-state index in [0.717, 1.165) is 28.3 Å². The molecule has 0 aliphatic heterocycles. The maximum Gasteiger partial charge on any atom is 0.261 e. The number of aryl methyl sites for hydroxylation is 3. The topological polar surface area (TPSA) is 123 Å². The Hall–Kier alpha value is -4.34. The molecule has 0 aliphatic carbocycles. The number of benzene rings is 1. The third-order valence-corrected chi connectivity index (χ3v) is 5.67. The monoisotopic (exact) mass is 442 g/mol. The number of hydrogen-bond acceptors (Lipinski definition) is 6. The maximum absolute atomic E-state index is 12.9. The number of aromatic nitrogens is 7. The van der Waals surface area contributed by atoms with E-state index in [0.29, 0.717) is 28.8 Å². The summed E-state index contributed by atoms with van der Waals surface area (Å²) < 4.78 is 3.37. The average molecular weight is 442 g/mol. The molecule has 0 saturated carbocycles. The Balaban J connectivity index is 1.39. The highest BCUT2D eigenvalue weighted by molar-refractivity contribution is 5.93. The lowest BCUT2D eigenvalue weighted by atomic mass is 10.1. The van der Waals surface area contributed by atoms with Crippen LogP contribution in [0.3, 0.4) is 0 Å². The first-order valence-electron chi connectivity index (χ1n) is 10.6. The van der Waals surface area contributed by atoms with Gasteiger partial charge in [0.05, 0.1) is 29.6 Å². The van der Waals surface area contributed by atoms with E-state index in [9.17, 15) is 9.59 Å². The van der Waals surface area contributed by atoms with Gasteiger partial charge in [0.2, 0.25) is 5.91 Å². The molecule has 0 unspecified atom stereocenters. The molecule has 5 rings (SSSR count). The van der Waals surface area contributed by atoms with Crippen LogP contribution in [0.1, 0.15) is 29.1 Å². The van der Waals surface area contributed by atoms with Crippen molar-refractivity contribution < 1.29 is 4.79 Å². The molecule has 2 N–H and O–H groups in total. The zero-order valence-electron chi connectivity index (χ0n) is 18.5. The van der Waals surface area contributed by atoms with Gasteiger partial charge in [-0.2, -0.15) is 10.2 Å². The van der Waals surface area contributed by atoms with Crippen molar-refractivity contribution in [2.24, 2.45) is 0 Å². The van der Waals surface area contributed by atoms with Gasteiger partial charge in [0.15, 0.2) is 11.3 Å². The standard InChI is InChI=1S/C23H22N8O2/c1-13-10-20-27-14(2)16(15(3)30(20)29-13)8-9-21(32)28-18-6-4-5-7-19(18)31-22-17(11-26-31)23(33)25-12-24-22/h4-7,10-12H,8-9H2,1-3H3,(H,28,32)(H,24,25,33). The Morgan fingerprint density at radius 3 is 2.85 bits per heavy atom. The van der Waals surface area contributed by atoms with Crippen molar-refractivity contribution in [3.63, 3.8) is 0 Å². The number of carbonyl (C=O) groups excluding carboxylic acids is 1. The highest BCUT2D eigenvalue weighted by Gasteiger charge is 2.16. The molecule has 0 fully saturated rings. The van der Waals surface area contributed by atoms with Gasteiger partial charge in [-0.05, 0) is 44.9 Å². The fourth-order valence-electron chi connectivity index (χ4n) is 4.05. The van der Waals surface area contributed by atoms with Gasteiger partial charge < -0.3 is 10.3 Å². The van der Waals surface area contributed by atoms with Crippen molar-refractivity contribution in [2.75, 3.05) is 5.32 Å². The molecule has 4 aromatic heterocycles. The van der Waals surface area contributed by atoms with Gasteiger partial charge in [0, 0.05) is 23.9 Å². The molecule has 0 spiro atoms. The fraction of sp³-hybridized carbons (Fsp3) is 0.217. The summed E-state index contributed by atoms with van der Waals surface area (Å²) in [7, 11) is 0. The number of rotatable bonds is 5. The Morgan fingerprint density at radius 2 is 2.00 bits per heavy atom. The normalized spacial score (nSPS) is 11.4. The summed E-state index contributed by atoms with van der Waals surface area (Å²) in [6, 6.07) is 9.22. The molecule has 0 aliphatic rings. The molecule has 0 radical (unpaired) electrons. The summed E-state index contributed by atoms with van der Waals surface area (Å²) >= 11 is 0. The molecule has 0 atom stereocenters. The van der Waals surface area contributed by atoms with Gasteiger partial charge >= 0.3 is 0 Å². The minimum absolute atomic E-state index is 0.139. The van der Waals surface area contributed by atoms with Gasteiger partial charge in [-0.15, -0.1) is 0 Å². The van der Waals surface area contributed by atoms with E-state index in [1.54, 1.807) is 10.7 Å². The van der Waals surface area contributed by atoms with Gasteiger partial charge in [-0.25, -0.2) is 19.2 Å². The van der Waals surface area contributed by atoms with Crippen molar-refractivity contribution in [3.8, 4) is 5.69 Å². The van der Waals surface area contributed by atoms with E-state index in [1.165, 1.54) is 12.5 Å². The first-order valence-corrected chi connectivity index (χ1v) is 10.6. The number of nitrogens with zero attached hydrogens (tertiary/aromatic N) is 6. The minimum atomic E-state index is -0.267. The third-order valence-electron chi connectivity index (χ3n) is 5.67. The molecule has 0 bridgehead atoms. The molecule has 166 valence electrons. The van der Waals surface area contributed by atoms with Gasteiger partial charge in [-0.3, -0.25) is 9.59 Å². The van der Waals surface area contributed by atoms with Crippen LogP contribution in [0, 0.1) is 20.8 Å². The molecule has 10 heteroatoms. The van der Waals surface area contributed by atoms with Crippen molar-refractivity contribution in [1.29, 1.82) is 0 Å². The Labute approximate surface area is 188 Å². The zero-order chi connectivity index (χ0) is 23.1. The van der Waals surface area contributed by atoms with Crippen molar-refractivity contribution >= 4 is 28.3 Å². The summed E-state index contributed by atoms with van der Waals surface area (Å²) in [6.45, 7) is 5.88. The van der Waals surface area contributed by atoms with E-state index < -0.39 is 0 Å². The van der Waals surface area contributed by atoms with E-state index in [-0.39, 0.29) is 17.9 Å². The lowest BCUT2D eigenvalue weighted by Gasteiger charge is -2.13. The number of H-pyrrole nitrogens is 1. The molecule has 1 amide bonds. The van der Waals surface area contributed by atoms with Crippen LogP contribution >= 0.6 is 0 Å². The number of fused-ring (bicyclic) bond motifs is 2. The zero-order valence-corrected chi connectivity index (χ0v) is 18.5. The van der Waals surface area contributed by atoms with Gasteiger partial charge in [-0.1, -0.05) is 12.1 Å². The highest BCUT2D eigenvalue weighted by Crippen LogP contribution is 2.23.